The van der Waals surface area contributed by atoms with Gasteiger partial charge in [0.2, 0.25) is 0 Å². The number of nitrogen functional groups attached to an aromatic ring is 1. The fourth-order valence-corrected chi connectivity index (χ4v) is 1.48. The molecule has 2 aromatic rings. The Morgan fingerprint density at radius 3 is 2.79 bits per heavy atom. The van der Waals surface area contributed by atoms with E-state index in [0.29, 0.717) is 9.28 Å². The second kappa shape index (κ2) is 5.03. The van der Waals surface area contributed by atoms with E-state index in [1.54, 1.807) is 0 Å². The molecule has 0 aromatic carbocycles. The van der Waals surface area contributed by atoms with Gasteiger partial charge in [0.1, 0.15) is 11.1 Å². The Morgan fingerprint density at radius 1 is 1.37 bits per heavy atom. The van der Waals surface area contributed by atoms with E-state index in [2.05, 4.69) is 31.0 Å². The Bertz CT molecular complexity index is 585. The molecule has 0 bridgehead atoms. The smallest absolute Gasteiger partial charge is 0.408 e. The van der Waals surface area contributed by atoms with E-state index in [4.69, 9.17) is 10.5 Å². The molecule has 19 heavy (non-hydrogen) atoms. The van der Waals surface area contributed by atoms with Gasteiger partial charge in [-0.05, 0) is 15.9 Å². The zero-order valence-electron chi connectivity index (χ0n) is 9.23. The maximum atomic E-state index is 12.1. The minimum absolute atomic E-state index is 0.0130. The van der Waals surface area contributed by atoms with E-state index >= 15 is 0 Å². The highest BCUT2D eigenvalue weighted by Gasteiger charge is 2.28. The highest BCUT2D eigenvalue weighted by molar-refractivity contribution is 9.10. The van der Waals surface area contributed by atoms with Crippen molar-refractivity contribution in [2.45, 2.75) is 12.7 Å². The topological polar surface area (TPSA) is 78.8 Å². The number of halogens is 4. The van der Waals surface area contributed by atoms with Crippen molar-refractivity contribution in [2.24, 2.45) is 0 Å². The first kappa shape index (κ1) is 13.6. The number of rotatable bonds is 3. The Kier molecular flexibility index (Phi) is 3.60. The zero-order valence-corrected chi connectivity index (χ0v) is 10.8. The SMILES string of the molecule is Nc1ncc(Br)nc1Oc1cnn(CC(F)(F)F)c1. The van der Waals surface area contributed by atoms with E-state index in [1.165, 1.54) is 6.20 Å². The van der Waals surface area contributed by atoms with Crippen LogP contribution in [0.25, 0.3) is 0 Å². The number of ether oxygens (including phenoxy) is 1. The fraction of sp³-hybridized carbons (Fsp3) is 0.222. The van der Waals surface area contributed by atoms with Gasteiger partial charge in [-0.2, -0.15) is 18.3 Å². The van der Waals surface area contributed by atoms with Gasteiger partial charge in [-0.1, -0.05) is 0 Å². The molecule has 6 nitrogen and oxygen atoms in total. The average molecular weight is 338 g/mol. The molecular weight excluding hydrogens is 331 g/mol. The van der Waals surface area contributed by atoms with Gasteiger partial charge in [-0.25, -0.2) is 9.97 Å². The van der Waals surface area contributed by atoms with Crippen LogP contribution < -0.4 is 10.5 Å². The van der Waals surface area contributed by atoms with Crippen LogP contribution in [0.15, 0.2) is 23.2 Å². The van der Waals surface area contributed by atoms with Crippen molar-refractivity contribution >= 4 is 21.7 Å². The lowest BCUT2D eigenvalue weighted by molar-refractivity contribution is -0.142. The standard InChI is InChI=1S/C9H7BrF3N5O/c10-6-2-15-7(14)8(17-6)19-5-1-16-18(3-5)4-9(11,12)13/h1-3H,4H2,(H2,14,15). The molecule has 0 saturated carbocycles. The Labute approximate surface area is 113 Å². The predicted molar refractivity (Wildman–Crippen MR) is 62.5 cm³/mol. The first-order valence-corrected chi connectivity index (χ1v) is 5.68. The molecule has 0 radical (unpaired) electrons. The third-order valence-electron chi connectivity index (χ3n) is 1.90. The maximum Gasteiger partial charge on any atom is 0.408 e. The van der Waals surface area contributed by atoms with Gasteiger partial charge in [0.15, 0.2) is 11.6 Å². The molecule has 2 heterocycles. The lowest BCUT2D eigenvalue weighted by Crippen LogP contribution is -2.17. The van der Waals surface area contributed by atoms with Crippen molar-refractivity contribution in [3.05, 3.63) is 23.2 Å². The highest BCUT2D eigenvalue weighted by Crippen LogP contribution is 2.25. The van der Waals surface area contributed by atoms with E-state index in [1.807, 2.05) is 0 Å². The molecule has 2 aromatic heterocycles. The summed E-state index contributed by atoms with van der Waals surface area (Å²) in [4.78, 5) is 7.68. The van der Waals surface area contributed by atoms with Crippen molar-refractivity contribution in [3.63, 3.8) is 0 Å². The lowest BCUT2D eigenvalue weighted by Gasteiger charge is -2.05. The van der Waals surface area contributed by atoms with Gasteiger partial charge in [0.25, 0.3) is 5.88 Å². The minimum atomic E-state index is -4.35. The molecule has 0 aliphatic carbocycles. The summed E-state index contributed by atoms with van der Waals surface area (Å²) in [6, 6.07) is 0. The zero-order chi connectivity index (χ0) is 14.0. The molecular formula is C9H7BrF3N5O. The number of hydrogen-bond acceptors (Lipinski definition) is 5. The summed E-state index contributed by atoms with van der Waals surface area (Å²) in [7, 11) is 0. The van der Waals surface area contributed by atoms with Crippen LogP contribution in [0, 0.1) is 0 Å². The summed E-state index contributed by atoms with van der Waals surface area (Å²) in [6.07, 6.45) is -0.754. The molecule has 2 rings (SSSR count). The number of nitrogens with zero attached hydrogens (tertiary/aromatic N) is 4. The maximum absolute atomic E-state index is 12.1. The van der Waals surface area contributed by atoms with Crippen LogP contribution in [0.2, 0.25) is 0 Å². The summed E-state index contributed by atoms with van der Waals surface area (Å²) >= 11 is 3.08. The number of nitrogens with two attached hydrogens (primary N) is 1. The molecule has 0 aliphatic rings. The third-order valence-corrected chi connectivity index (χ3v) is 2.29. The van der Waals surface area contributed by atoms with Gasteiger partial charge < -0.3 is 10.5 Å². The van der Waals surface area contributed by atoms with Gasteiger partial charge in [-0.3, -0.25) is 4.68 Å². The van der Waals surface area contributed by atoms with E-state index in [0.717, 1.165) is 12.4 Å². The van der Waals surface area contributed by atoms with E-state index < -0.39 is 12.7 Å². The van der Waals surface area contributed by atoms with Gasteiger partial charge in [0.05, 0.1) is 18.6 Å². The molecule has 10 heteroatoms. The largest absolute Gasteiger partial charge is 0.433 e. The summed E-state index contributed by atoms with van der Waals surface area (Å²) in [5.41, 5.74) is 5.52. The number of hydrogen-bond donors (Lipinski definition) is 1. The lowest BCUT2D eigenvalue weighted by atomic mass is 10.6. The van der Waals surface area contributed by atoms with Crippen LogP contribution in [-0.2, 0) is 6.54 Å². The van der Waals surface area contributed by atoms with Crippen molar-refractivity contribution in [3.8, 4) is 11.6 Å². The average Bonchev–Trinajstić information content (AvgIpc) is 2.68. The Hall–Kier alpha value is -1.84. The highest BCUT2D eigenvalue weighted by atomic mass is 79.9. The molecule has 0 amide bonds. The summed E-state index contributed by atoms with van der Waals surface area (Å²) in [6.45, 7) is -1.20. The molecule has 2 N–H and O–H groups in total. The third kappa shape index (κ3) is 3.81. The quantitative estimate of drug-likeness (QED) is 0.930. The summed E-state index contributed by atoms with van der Waals surface area (Å²) < 4.78 is 42.7. The normalized spacial score (nSPS) is 11.6. The van der Waals surface area contributed by atoms with Crippen LogP contribution in [0.1, 0.15) is 0 Å². The molecule has 0 saturated heterocycles. The molecule has 102 valence electrons. The van der Waals surface area contributed by atoms with Crippen LogP contribution in [0.4, 0.5) is 19.0 Å². The summed E-state index contributed by atoms with van der Waals surface area (Å²) in [5.74, 6) is 0.0936. The number of aromatic nitrogens is 4. The second-order valence-electron chi connectivity index (χ2n) is 3.47. The van der Waals surface area contributed by atoms with Crippen LogP contribution in [-0.4, -0.2) is 25.9 Å². The van der Waals surface area contributed by atoms with Crippen LogP contribution in [0.5, 0.6) is 11.6 Å². The number of anilines is 1. The van der Waals surface area contributed by atoms with Crippen molar-refractivity contribution < 1.29 is 17.9 Å². The Balaban J connectivity index is 2.14. The van der Waals surface area contributed by atoms with E-state index in [9.17, 15) is 13.2 Å². The van der Waals surface area contributed by atoms with Gasteiger partial charge in [0, 0.05) is 0 Å². The van der Waals surface area contributed by atoms with Crippen LogP contribution in [0.3, 0.4) is 0 Å². The first-order valence-electron chi connectivity index (χ1n) is 4.88. The monoisotopic (exact) mass is 337 g/mol. The molecule has 0 unspecified atom stereocenters. The molecule has 0 aliphatic heterocycles. The van der Waals surface area contributed by atoms with E-state index in [-0.39, 0.29) is 17.4 Å². The van der Waals surface area contributed by atoms with Crippen molar-refractivity contribution in [1.82, 2.24) is 19.7 Å². The van der Waals surface area contributed by atoms with Crippen molar-refractivity contribution in [1.29, 1.82) is 0 Å². The Morgan fingerprint density at radius 2 is 2.11 bits per heavy atom. The summed E-state index contributed by atoms with van der Waals surface area (Å²) in [5, 5.41) is 3.52. The fourth-order valence-electron chi connectivity index (χ4n) is 1.22. The van der Waals surface area contributed by atoms with Gasteiger partial charge >= 0.3 is 6.18 Å². The van der Waals surface area contributed by atoms with Crippen LogP contribution >= 0.6 is 15.9 Å². The first-order chi connectivity index (χ1) is 8.83. The molecule has 0 fully saturated rings. The second-order valence-corrected chi connectivity index (χ2v) is 4.29. The molecule has 0 atom stereocenters. The number of alkyl halides is 3. The minimum Gasteiger partial charge on any atom is -0.433 e. The van der Waals surface area contributed by atoms with Crippen molar-refractivity contribution in [2.75, 3.05) is 5.73 Å². The molecule has 0 spiro atoms. The van der Waals surface area contributed by atoms with Gasteiger partial charge in [-0.15, -0.1) is 0 Å². The predicted octanol–water partition coefficient (Wildman–Crippen LogP) is 2.37.